The molecule has 100 valence electrons. The maximum absolute atomic E-state index is 10.8. The molecule has 2 heteroatoms. The van der Waals surface area contributed by atoms with Crippen LogP contribution in [0.1, 0.15) is 49.7 Å². The number of hydrogen-bond donors (Lipinski definition) is 1. The molecule has 0 bridgehead atoms. The lowest BCUT2D eigenvalue weighted by Crippen LogP contribution is -2.30. The predicted molar refractivity (Wildman–Crippen MR) is 74.1 cm³/mol. The predicted octanol–water partition coefficient (Wildman–Crippen LogP) is 3.63. The molecule has 2 nitrogen and oxygen atoms in total. The van der Waals surface area contributed by atoms with Crippen LogP contribution in [0.4, 0.5) is 0 Å². The van der Waals surface area contributed by atoms with E-state index in [2.05, 4.69) is 19.1 Å². The minimum Gasteiger partial charge on any atom is -0.496 e. The van der Waals surface area contributed by atoms with E-state index in [0.29, 0.717) is 0 Å². The summed E-state index contributed by atoms with van der Waals surface area (Å²) in [5, 5.41) is 10.8. The molecule has 0 spiro atoms. The van der Waals surface area contributed by atoms with Gasteiger partial charge in [-0.2, -0.15) is 0 Å². The number of benzene rings is 1. The Hall–Kier alpha value is -1.02. The molecule has 1 aromatic rings. The third kappa shape index (κ3) is 3.26. The van der Waals surface area contributed by atoms with Gasteiger partial charge in [0.2, 0.25) is 0 Å². The van der Waals surface area contributed by atoms with Gasteiger partial charge < -0.3 is 9.84 Å². The highest BCUT2D eigenvalue weighted by Crippen LogP contribution is 2.33. The van der Waals surface area contributed by atoms with Gasteiger partial charge in [-0.25, -0.2) is 0 Å². The number of rotatable bonds is 3. The molecule has 0 heterocycles. The Morgan fingerprint density at radius 3 is 2.44 bits per heavy atom. The van der Waals surface area contributed by atoms with Crippen molar-refractivity contribution in [2.75, 3.05) is 7.11 Å². The van der Waals surface area contributed by atoms with Gasteiger partial charge in [0.05, 0.1) is 12.7 Å². The molecule has 0 saturated heterocycles. The SMILES string of the molecule is COc1ccc(C)cc1CC1(O)CCCCCC1. The van der Waals surface area contributed by atoms with Gasteiger partial charge in [0.15, 0.2) is 0 Å². The van der Waals surface area contributed by atoms with Crippen molar-refractivity contribution in [3.05, 3.63) is 29.3 Å². The van der Waals surface area contributed by atoms with Gasteiger partial charge in [-0.3, -0.25) is 0 Å². The summed E-state index contributed by atoms with van der Waals surface area (Å²) in [5.74, 6) is 0.901. The molecular weight excluding hydrogens is 224 g/mol. The van der Waals surface area contributed by atoms with Crippen LogP contribution in [-0.2, 0) is 6.42 Å². The maximum atomic E-state index is 10.8. The van der Waals surface area contributed by atoms with Crippen LogP contribution in [0.3, 0.4) is 0 Å². The number of methoxy groups -OCH3 is 1. The zero-order valence-electron chi connectivity index (χ0n) is 11.5. The summed E-state index contributed by atoms with van der Waals surface area (Å²) in [6.07, 6.45) is 7.36. The Bertz CT molecular complexity index is 390. The Morgan fingerprint density at radius 1 is 1.17 bits per heavy atom. The van der Waals surface area contributed by atoms with Crippen molar-refractivity contribution in [3.8, 4) is 5.75 Å². The van der Waals surface area contributed by atoms with E-state index in [-0.39, 0.29) is 0 Å². The van der Waals surface area contributed by atoms with Crippen LogP contribution in [0, 0.1) is 6.92 Å². The van der Waals surface area contributed by atoms with E-state index in [4.69, 9.17) is 4.74 Å². The van der Waals surface area contributed by atoms with Gasteiger partial charge in [0, 0.05) is 6.42 Å². The van der Waals surface area contributed by atoms with E-state index < -0.39 is 5.60 Å². The lowest BCUT2D eigenvalue weighted by Gasteiger charge is -2.27. The zero-order valence-corrected chi connectivity index (χ0v) is 11.5. The summed E-state index contributed by atoms with van der Waals surface area (Å²) in [4.78, 5) is 0. The average Bonchev–Trinajstić information content (AvgIpc) is 2.54. The van der Waals surface area contributed by atoms with Crippen molar-refractivity contribution >= 4 is 0 Å². The molecule has 1 N–H and O–H groups in total. The highest BCUT2D eigenvalue weighted by atomic mass is 16.5. The zero-order chi connectivity index (χ0) is 13.0. The largest absolute Gasteiger partial charge is 0.496 e. The third-order valence-electron chi connectivity index (χ3n) is 3.99. The smallest absolute Gasteiger partial charge is 0.122 e. The Kier molecular flexibility index (Phi) is 4.28. The second-order valence-electron chi connectivity index (χ2n) is 5.63. The minimum absolute atomic E-state index is 0.530. The first kappa shape index (κ1) is 13.4. The van der Waals surface area contributed by atoms with Gasteiger partial charge >= 0.3 is 0 Å². The molecule has 2 rings (SSSR count). The normalized spacial score (nSPS) is 19.3. The van der Waals surface area contributed by atoms with Crippen LogP contribution in [0.25, 0.3) is 0 Å². The van der Waals surface area contributed by atoms with Crippen LogP contribution < -0.4 is 4.74 Å². The molecule has 0 atom stereocenters. The van der Waals surface area contributed by atoms with Crippen molar-refractivity contribution in [2.24, 2.45) is 0 Å². The van der Waals surface area contributed by atoms with E-state index in [1.54, 1.807) is 7.11 Å². The highest BCUT2D eigenvalue weighted by Gasteiger charge is 2.29. The molecule has 1 aliphatic carbocycles. The Labute approximate surface area is 110 Å². The Morgan fingerprint density at radius 2 is 1.83 bits per heavy atom. The van der Waals surface area contributed by atoms with Crippen LogP contribution in [0.15, 0.2) is 18.2 Å². The fourth-order valence-electron chi connectivity index (χ4n) is 2.96. The highest BCUT2D eigenvalue weighted by molar-refractivity contribution is 5.37. The summed E-state index contributed by atoms with van der Waals surface area (Å²) in [6, 6.07) is 6.20. The first-order valence-electron chi connectivity index (χ1n) is 6.99. The minimum atomic E-state index is -0.530. The van der Waals surface area contributed by atoms with Gasteiger partial charge in [-0.05, 0) is 31.4 Å². The molecular formula is C16H24O2. The molecule has 0 unspecified atom stereocenters. The fourth-order valence-corrected chi connectivity index (χ4v) is 2.96. The molecule has 1 aromatic carbocycles. The second-order valence-corrected chi connectivity index (χ2v) is 5.63. The number of aryl methyl sites for hydroxylation is 1. The fraction of sp³-hybridized carbons (Fsp3) is 0.625. The van der Waals surface area contributed by atoms with Crippen molar-refractivity contribution in [2.45, 2.75) is 57.5 Å². The van der Waals surface area contributed by atoms with Crippen LogP contribution >= 0.6 is 0 Å². The maximum Gasteiger partial charge on any atom is 0.122 e. The summed E-state index contributed by atoms with van der Waals surface area (Å²) >= 11 is 0. The summed E-state index contributed by atoms with van der Waals surface area (Å²) in [7, 11) is 1.70. The number of aliphatic hydroxyl groups is 1. The Balaban J connectivity index is 2.18. The monoisotopic (exact) mass is 248 g/mol. The molecule has 1 fully saturated rings. The van der Waals surface area contributed by atoms with E-state index in [9.17, 15) is 5.11 Å². The molecule has 0 amide bonds. The quantitative estimate of drug-likeness (QED) is 0.828. The topological polar surface area (TPSA) is 29.5 Å². The van der Waals surface area contributed by atoms with Crippen molar-refractivity contribution in [1.29, 1.82) is 0 Å². The molecule has 1 aliphatic rings. The number of ether oxygens (including phenoxy) is 1. The first-order chi connectivity index (χ1) is 8.63. The van der Waals surface area contributed by atoms with Crippen LogP contribution in [0.2, 0.25) is 0 Å². The van der Waals surface area contributed by atoms with E-state index in [0.717, 1.165) is 43.4 Å². The lowest BCUT2D eigenvalue weighted by molar-refractivity contribution is 0.0247. The second kappa shape index (κ2) is 5.75. The van der Waals surface area contributed by atoms with E-state index >= 15 is 0 Å². The standard InChI is InChI=1S/C16H24O2/c1-13-7-8-15(18-2)14(11-13)12-16(17)9-5-3-4-6-10-16/h7-8,11,17H,3-6,9-10,12H2,1-2H3. The van der Waals surface area contributed by atoms with Crippen molar-refractivity contribution in [3.63, 3.8) is 0 Å². The average molecular weight is 248 g/mol. The summed E-state index contributed by atoms with van der Waals surface area (Å²) in [5.41, 5.74) is 1.84. The van der Waals surface area contributed by atoms with E-state index in [1.165, 1.54) is 18.4 Å². The molecule has 18 heavy (non-hydrogen) atoms. The van der Waals surface area contributed by atoms with Gasteiger partial charge in [0.25, 0.3) is 0 Å². The van der Waals surface area contributed by atoms with E-state index in [1.807, 2.05) is 6.07 Å². The summed E-state index contributed by atoms with van der Waals surface area (Å²) in [6.45, 7) is 2.08. The van der Waals surface area contributed by atoms with Gasteiger partial charge in [0.1, 0.15) is 5.75 Å². The lowest BCUT2D eigenvalue weighted by atomic mass is 9.87. The summed E-state index contributed by atoms with van der Waals surface area (Å²) < 4.78 is 5.41. The van der Waals surface area contributed by atoms with Crippen LogP contribution in [-0.4, -0.2) is 17.8 Å². The molecule has 1 saturated carbocycles. The number of hydrogen-bond acceptors (Lipinski definition) is 2. The van der Waals surface area contributed by atoms with Crippen molar-refractivity contribution < 1.29 is 9.84 Å². The van der Waals surface area contributed by atoms with Gasteiger partial charge in [-0.15, -0.1) is 0 Å². The molecule has 0 aromatic heterocycles. The van der Waals surface area contributed by atoms with Gasteiger partial charge in [-0.1, -0.05) is 43.4 Å². The molecule has 0 aliphatic heterocycles. The van der Waals surface area contributed by atoms with Crippen molar-refractivity contribution in [1.82, 2.24) is 0 Å². The third-order valence-corrected chi connectivity index (χ3v) is 3.99. The molecule has 0 radical (unpaired) electrons. The van der Waals surface area contributed by atoms with Crippen LogP contribution in [0.5, 0.6) is 5.75 Å². The first-order valence-corrected chi connectivity index (χ1v) is 6.99.